The molecule has 6 nitrogen and oxygen atoms in total. The van der Waals surface area contributed by atoms with Gasteiger partial charge in [0, 0.05) is 23.8 Å². The van der Waals surface area contributed by atoms with Crippen molar-refractivity contribution >= 4 is 40.1 Å². The molecule has 0 spiro atoms. The van der Waals surface area contributed by atoms with Gasteiger partial charge in [0.2, 0.25) is 5.91 Å². The van der Waals surface area contributed by atoms with Gasteiger partial charge in [-0.05, 0) is 37.1 Å². The van der Waals surface area contributed by atoms with Crippen molar-refractivity contribution in [3.05, 3.63) is 75.9 Å². The second-order valence-corrected chi connectivity index (χ2v) is 8.19. The predicted molar refractivity (Wildman–Crippen MR) is 120 cm³/mol. The van der Waals surface area contributed by atoms with E-state index in [9.17, 15) is 9.59 Å². The lowest BCUT2D eigenvalue weighted by atomic mass is 9.97. The van der Waals surface area contributed by atoms with Gasteiger partial charge in [0.1, 0.15) is 5.15 Å². The van der Waals surface area contributed by atoms with Gasteiger partial charge in [-0.1, -0.05) is 53.6 Å². The summed E-state index contributed by atoms with van der Waals surface area (Å²) in [4.78, 5) is 28.4. The van der Waals surface area contributed by atoms with Crippen LogP contribution in [0.5, 0.6) is 0 Å². The fourth-order valence-corrected chi connectivity index (χ4v) is 4.09. The largest absolute Gasteiger partial charge is 0.481 e. The number of hydrogen-bond acceptors (Lipinski definition) is 4. The average molecular weight is 436 g/mol. The Labute approximate surface area is 185 Å². The Kier molecular flexibility index (Phi) is 5.74. The lowest BCUT2D eigenvalue weighted by molar-refractivity contribution is -0.141. The molecule has 0 bridgehead atoms. The smallest absolute Gasteiger partial charge is 0.303 e. The summed E-state index contributed by atoms with van der Waals surface area (Å²) in [5.41, 5.74) is 5.35. The van der Waals surface area contributed by atoms with Crippen LogP contribution < -0.4 is 0 Å². The molecule has 7 heteroatoms. The number of benzene rings is 2. The van der Waals surface area contributed by atoms with Crippen LogP contribution in [0.2, 0.25) is 5.15 Å². The molecule has 0 saturated heterocycles. The van der Waals surface area contributed by atoms with Gasteiger partial charge in [-0.15, -0.1) is 0 Å². The zero-order valence-corrected chi connectivity index (χ0v) is 18.1. The summed E-state index contributed by atoms with van der Waals surface area (Å²) in [6.45, 7) is 3.99. The van der Waals surface area contributed by atoms with Crippen LogP contribution >= 0.6 is 11.6 Å². The van der Waals surface area contributed by atoms with Crippen LogP contribution in [-0.2, 0) is 9.59 Å². The molecule has 3 aromatic rings. The van der Waals surface area contributed by atoms with Gasteiger partial charge in [-0.25, -0.2) is 9.99 Å². The van der Waals surface area contributed by atoms with Crippen molar-refractivity contribution in [1.29, 1.82) is 0 Å². The number of carboxylic acid groups (broad SMARTS) is 1. The van der Waals surface area contributed by atoms with Gasteiger partial charge in [0.25, 0.3) is 0 Å². The van der Waals surface area contributed by atoms with Crippen molar-refractivity contribution in [2.45, 2.75) is 39.2 Å². The number of aromatic nitrogens is 1. The van der Waals surface area contributed by atoms with E-state index in [2.05, 4.69) is 10.1 Å². The first-order chi connectivity index (χ1) is 14.8. The maximum Gasteiger partial charge on any atom is 0.303 e. The maximum absolute atomic E-state index is 12.9. The van der Waals surface area contributed by atoms with Gasteiger partial charge >= 0.3 is 5.97 Å². The standard InChI is InChI=1S/C24H22ClN3O3/c1-14-4-3-5-16(10-14)20-13-21(28(27-20)22(29)8-9-23(30)31)18-12-17-7-6-15(2)11-19(17)26-24(18)25/h3-7,10-12,21H,8-9,13H2,1-2H3,(H,30,31)/t21-/m1/s1. The lowest BCUT2D eigenvalue weighted by Gasteiger charge is -2.23. The van der Waals surface area contributed by atoms with Crippen LogP contribution in [0.4, 0.5) is 0 Å². The summed E-state index contributed by atoms with van der Waals surface area (Å²) < 4.78 is 0. The Bertz CT molecular complexity index is 1220. The number of pyridine rings is 1. The van der Waals surface area contributed by atoms with Crippen LogP contribution in [-0.4, -0.2) is 32.7 Å². The normalized spacial score (nSPS) is 15.9. The molecule has 2 heterocycles. The molecule has 0 fully saturated rings. The van der Waals surface area contributed by atoms with Crippen LogP contribution in [0.3, 0.4) is 0 Å². The van der Waals surface area contributed by atoms with Gasteiger partial charge < -0.3 is 5.11 Å². The zero-order chi connectivity index (χ0) is 22.1. The fraction of sp³-hybridized carbons (Fsp3) is 0.250. The van der Waals surface area contributed by atoms with Gasteiger partial charge in [0.15, 0.2) is 0 Å². The van der Waals surface area contributed by atoms with E-state index in [4.69, 9.17) is 16.7 Å². The molecule has 31 heavy (non-hydrogen) atoms. The van der Waals surface area contributed by atoms with Gasteiger partial charge in [0.05, 0.1) is 23.7 Å². The third-order valence-corrected chi connectivity index (χ3v) is 5.69. The summed E-state index contributed by atoms with van der Waals surface area (Å²) in [7, 11) is 0. The van der Waals surface area contributed by atoms with E-state index in [1.807, 2.05) is 62.4 Å². The lowest BCUT2D eigenvalue weighted by Crippen LogP contribution is -2.27. The van der Waals surface area contributed by atoms with Crippen molar-refractivity contribution < 1.29 is 14.7 Å². The van der Waals surface area contributed by atoms with Crippen LogP contribution in [0.1, 0.15) is 47.6 Å². The monoisotopic (exact) mass is 435 g/mol. The molecule has 0 aliphatic carbocycles. The highest BCUT2D eigenvalue weighted by molar-refractivity contribution is 6.30. The van der Waals surface area contributed by atoms with E-state index in [1.54, 1.807) is 0 Å². The molecule has 2 aromatic carbocycles. The number of nitrogens with zero attached hydrogens (tertiary/aromatic N) is 3. The third-order valence-electron chi connectivity index (χ3n) is 5.38. The number of amides is 1. The molecule has 1 aromatic heterocycles. The highest BCUT2D eigenvalue weighted by Gasteiger charge is 2.35. The van der Waals surface area contributed by atoms with Gasteiger partial charge in [-0.3, -0.25) is 9.59 Å². The Morgan fingerprint density at radius 2 is 1.87 bits per heavy atom. The first kappa shape index (κ1) is 21.0. The molecule has 1 atom stereocenters. The molecular formula is C24H22ClN3O3. The fourth-order valence-electron chi connectivity index (χ4n) is 3.81. The first-order valence-electron chi connectivity index (χ1n) is 10.1. The van der Waals surface area contributed by atoms with E-state index in [1.165, 1.54) is 5.01 Å². The van der Waals surface area contributed by atoms with Crippen LogP contribution in [0, 0.1) is 13.8 Å². The average Bonchev–Trinajstić information content (AvgIpc) is 3.16. The van der Waals surface area contributed by atoms with E-state index in [0.29, 0.717) is 17.1 Å². The van der Waals surface area contributed by atoms with E-state index < -0.39 is 12.0 Å². The first-order valence-corrected chi connectivity index (χ1v) is 10.4. The minimum atomic E-state index is -1.02. The Balaban J connectivity index is 1.75. The Hall–Kier alpha value is -3.25. The highest BCUT2D eigenvalue weighted by atomic mass is 35.5. The van der Waals surface area contributed by atoms with Crippen molar-refractivity contribution in [3.8, 4) is 0 Å². The van der Waals surface area contributed by atoms with E-state index in [-0.39, 0.29) is 18.7 Å². The highest BCUT2D eigenvalue weighted by Crippen LogP contribution is 2.37. The number of hydrogen-bond donors (Lipinski definition) is 1. The molecule has 1 aliphatic heterocycles. The summed E-state index contributed by atoms with van der Waals surface area (Å²) in [5, 5.41) is 16.2. The molecule has 158 valence electrons. The molecule has 1 aliphatic rings. The number of fused-ring (bicyclic) bond motifs is 1. The third kappa shape index (κ3) is 4.44. The number of carbonyl (C=O) groups is 2. The molecule has 0 saturated carbocycles. The van der Waals surface area contributed by atoms with Crippen LogP contribution in [0.25, 0.3) is 10.9 Å². The van der Waals surface area contributed by atoms with E-state index >= 15 is 0 Å². The van der Waals surface area contributed by atoms with Crippen LogP contribution in [0.15, 0.2) is 53.6 Å². The maximum atomic E-state index is 12.9. The van der Waals surface area contributed by atoms with Crippen molar-refractivity contribution in [1.82, 2.24) is 9.99 Å². The second kappa shape index (κ2) is 8.47. The minimum Gasteiger partial charge on any atom is -0.481 e. The Morgan fingerprint density at radius 3 is 2.61 bits per heavy atom. The quantitative estimate of drug-likeness (QED) is 0.568. The topological polar surface area (TPSA) is 82.9 Å². The van der Waals surface area contributed by atoms with Crippen molar-refractivity contribution in [3.63, 3.8) is 0 Å². The van der Waals surface area contributed by atoms with E-state index in [0.717, 1.165) is 33.3 Å². The number of hydrazone groups is 1. The molecule has 1 amide bonds. The summed E-state index contributed by atoms with van der Waals surface area (Å²) in [6.07, 6.45) is 0.0929. The zero-order valence-electron chi connectivity index (χ0n) is 17.3. The summed E-state index contributed by atoms with van der Waals surface area (Å²) in [6, 6.07) is 15.4. The molecule has 0 unspecified atom stereocenters. The van der Waals surface area contributed by atoms with Crippen molar-refractivity contribution in [2.24, 2.45) is 5.10 Å². The number of aryl methyl sites for hydroxylation is 2. The van der Waals surface area contributed by atoms with Crippen molar-refractivity contribution in [2.75, 3.05) is 0 Å². The minimum absolute atomic E-state index is 0.131. The molecular weight excluding hydrogens is 414 g/mol. The summed E-state index contributed by atoms with van der Waals surface area (Å²) >= 11 is 6.56. The molecule has 0 radical (unpaired) electrons. The summed E-state index contributed by atoms with van der Waals surface area (Å²) in [5.74, 6) is -1.37. The molecule has 1 N–H and O–H groups in total. The molecule has 4 rings (SSSR count). The predicted octanol–water partition coefficient (Wildman–Crippen LogP) is 5.05. The second-order valence-electron chi connectivity index (χ2n) is 7.83. The van der Waals surface area contributed by atoms with Gasteiger partial charge in [-0.2, -0.15) is 5.10 Å². The number of rotatable bonds is 5. The number of aliphatic carboxylic acids is 1. The number of carbonyl (C=O) groups excluding carboxylic acids is 1. The number of carboxylic acids is 1. The SMILES string of the molecule is Cc1cccc(C2=NN(C(=O)CCC(=O)O)[C@@H](c3cc4ccc(C)cc4nc3Cl)C2)c1. The Morgan fingerprint density at radius 1 is 1.10 bits per heavy atom. The number of halogens is 1.